The summed E-state index contributed by atoms with van der Waals surface area (Å²) in [7, 11) is 0. The molecule has 0 aliphatic carbocycles. The lowest BCUT2D eigenvalue weighted by molar-refractivity contribution is -0.305. The quantitative estimate of drug-likeness (QED) is 0.767. The molecule has 1 aromatic carbocycles. The molecule has 0 aliphatic rings. The number of thiazole rings is 1. The number of rotatable bonds is 6. The summed E-state index contributed by atoms with van der Waals surface area (Å²) in [4.78, 5) is 25.8. The van der Waals surface area contributed by atoms with E-state index < -0.39 is 11.9 Å². The number of carboxylic acid groups (broad SMARTS) is 1. The van der Waals surface area contributed by atoms with Crippen molar-refractivity contribution in [3.8, 4) is 11.3 Å². The Hall–Kier alpha value is -2.41. The largest absolute Gasteiger partial charge is 0.550 e. The third-order valence-corrected chi connectivity index (χ3v) is 3.20. The second-order valence-corrected chi connectivity index (χ2v) is 4.81. The van der Waals surface area contributed by atoms with Gasteiger partial charge >= 0.3 is 0 Å². The van der Waals surface area contributed by atoms with Crippen molar-refractivity contribution in [2.75, 3.05) is 5.43 Å². The minimum atomic E-state index is -1.25. The number of anilines is 1. The lowest BCUT2D eigenvalue weighted by atomic mass is 10.2. The van der Waals surface area contributed by atoms with Gasteiger partial charge in [-0.2, -0.15) is 0 Å². The van der Waals surface area contributed by atoms with Gasteiger partial charge in [-0.25, -0.2) is 4.98 Å². The molecule has 0 bridgehead atoms. The van der Waals surface area contributed by atoms with E-state index in [9.17, 15) is 14.7 Å². The fraction of sp³-hybridized carbons (Fsp3) is 0.154. The topological polar surface area (TPSA) is 94.1 Å². The first kappa shape index (κ1) is 14.0. The highest BCUT2D eigenvalue weighted by Crippen LogP contribution is 2.23. The summed E-state index contributed by atoms with van der Waals surface area (Å²) in [6, 6.07) is 9.65. The molecule has 0 fully saturated rings. The number of hydrogen-bond acceptors (Lipinski definition) is 6. The maximum atomic E-state index is 11.3. The van der Waals surface area contributed by atoms with Crippen LogP contribution in [0.1, 0.15) is 12.8 Å². The highest BCUT2D eigenvalue weighted by molar-refractivity contribution is 7.14. The van der Waals surface area contributed by atoms with E-state index in [2.05, 4.69) is 15.8 Å². The molecule has 2 N–H and O–H groups in total. The van der Waals surface area contributed by atoms with E-state index in [1.54, 1.807) is 0 Å². The molecular weight excluding hydrogens is 278 g/mol. The van der Waals surface area contributed by atoms with E-state index in [1.807, 2.05) is 35.7 Å². The van der Waals surface area contributed by atoms with Gasteiger partial charge in [0.15, 0.2) is 0 Å². The van der Waals surface area contributed by atoms with Crippen LogP contribution in [0.5, 0.6) is 0 Å². The number of nitrogens with zero attached hydrogens (tertiary/aromatic N) is 1. The molecule has 1 amide bonds. The molecule has 2 aromatic rings. The Morgan fingerprint density at radius 1 is 1.20 bits per heavy atom. The minimum Gasteiger partial charge on any atom is -0.550 e. The Balaban J connectivity index is 1.87. The summed E-state index contributed by atoms with van der Waals surface area (Å²) in [6.07, 6.45) is -0.438. The number of hydrogen-bond donors (Lipinski definition) is 2. The summed E-state index contributed by atoms with van der Waals surface area (Å²) in [5.74, 6) is -1.67. The van der Waals surface area contributed by atoms with Crippen molar-refractivity contribution in [2.24, 2.45) is 0 Å². The molecule has 2 rings (SSSR count). The van der Waals surface area contributed by atoms with Crippen LogP contribution in [0.2, 0.25) is 0 Å². The molecule has 0 unspecified atom stereocenters. The zero-order valence-electron chi connectivity index (χ0n) is 10.5. The fourth-order valence-electron chi connectivity index (χ4n) is 1.47. The van der Waals surface area contributed by atoms with Gasteiger partial charge in [0.1, 0.15) is 0 Å². The van der Waals surface area contributed by atoms with E-state index in [0.29, 0.717) is 5.13 Å². The van der Waals surface area contributed by atoms with Crippen LogP contribution in [0.3, 0.4) is 0 Å². The average Bonchev–Trinajstić information content (AvgIpc) is 2.93. The van der Waals surface area contributed by atoms with E-state index in [0.717, 1.165) is 11.3 Å². The predicted octanol–water partition coefficient (Wildman–Crippen LogP) is 0.783. The molecule has 104 valence electrons. The first-order chi connectivity index (χ1) is 9.65. The number of amides is 1. The summed E-state index contributed by atoms with van der Waals surface area (Å²) in [5, 5.41) is 12.6. The summed E-state index contributed by atoms with van der Waals surface area (Å²) >= 11 is 1.35. The normalized spacial score (nSPS) is 10.0. The molecule has 0 spiro atoms. The van der Waals surface area contributed by atoms with E-state index in [1.165, 1.54) is 11.3 Å². The Morgan fingerprint density at radius 2 is 1.95 bits per heavy atom. The number of carbonyl (C=O) groups is 2. The Labute approximate surface area is 119 Å². The summed E-state index contributed by atoms with van der Waals surface area (Å²) in [6.45, 7) is 0. The molecule has 1 aromatic heterocycles. The number of nitrogens with one attached hydrogen (secondary N) is 2. The van der Waals surface area contributed by atoms with Crippen molar-refractivity contribution in [3.63, 3.8) is 0 Å². The Bertz CT molecular complexity index is 598. The van der Waals surface area contributed by atoms with Gasteiger partial charge in [-0.05, 0) is 6.42 Å². The molecule has 0 atom stereocenters. The van der Waals surface area contributed by atoms with Crippen molar-refractivity contribution in [3.05, 3.63) is 35.7 Å². The van der Waals surface area contributed by atoms with Crippen LogP contribution in [0.4, 0.5) is 5.13 Å². The molecular formula is C13H12N3O3S-. The second-order valence-electron chi connectivity index (χ2n) is 3.95. The highest BCUT2D eigenvalue weighted by atomic mass is 32.1. The van der Waals surface area contributed by atoms with Crippen LogP contribution in [0, 0.1) is 0 Å². The second kappa shape index (κ2) is 6.67. The van der Waals surface area contributed by atoms with Crippen molar-refractivity contribution in [1.82, 2.24) is 10.4 Å². The minimum absolute atomic E-state index is 0.133. The Morgan fingerprint density at radius 3 is 2.65 bits per heavy atom. The molecule has 0 saturated carbocycles. The van der Waals surface area contributed by atoms with Crippen LogP contribution in [0.15, 0.2) is 35.7 Å². The predicted molar refractivity (Wildman–Crippen MR) is 73.6 cm³/mol. The summed E-state index contributed by atoms with van der Waals surface area (Å²) < 4.78 is 0. The van der Waals surface area contributed by atoms with Crippen LogP contribution in [-0.2, 0) is 9.59 Å². The lowest BCUT2D eigenvalue weighted by Crippen LogP contribution is -2.31. The molecule has 0 saturated heterocycles. The summed E-state index contributed by atoms with van der Waals surface area (Å²) in [5.41, 5.74) is 6.83. The van der Waals surface area contributed by atoms with Crippen molar-refractivity contribution >= 4 is 28.3 Å². The van der Waals surface area contributed by atoms with E-state index in [-0.39, 0.29) is 12.8 Å². The maximum Gasteiger partial charge on any atom is 0.238 e. The maximum absolute atomic E-state index is 11.3. The number of aliphatic carboxylic acids is 1. The van der Waals surface area contributed by atoms with Crippen molar-refractivity contribution < 1.29 is 14.7 Å². The number of benzene rings is 1. The zero-order chi connectivity index (χ0) is 14.4. The van der Waals surface area contributed by atoms with E-state index >= 15 is 0 Å². The third kappa shape index (κ3) is 4.06. The van der Waals surface area contributed by atoms with Gasteiger partial charge < -0.3 is 9.90 Å². The molecule has 1 heterocycles. The SMILES string of the molecule is O=C([O-])CCC(=O)NNc1nc(-c2ccccc2)cs1. The molecule has 0 aliphatic heterocycles. The van der Waals surface area contributed by atoms with Crippen LogP contribution < -0.4 is 16.0 Å². The van der Waals surface area contributed by atoms with Crippen LogP contribution in [0.25, 0.3) is 11.3 Å². The van der Waals surface area contributed by atoms with Gasteiger partial charge in [-0.3, -0.25) is 15.6 Å². The molecule has 0 radical (unpaired) electrons. The standard InChI is InChI=1S/C13H13N3O3S/c17-11(6-7-12(18)19)15-16-13-14-10(8-20-13)9-4-2-1-3-5-9/h1-5,8H,6-7H2,(H,14,16)(H,15,17)(H,18,19)/p-1. The average molecular weight is 290 g/mol. The van der Waals surface area contributed by atoms with E-state index in [4.69, 9.17) is 0 Å². The number of carboxylic acids is 1. The number of hydrazine groups is 1. The lowest BCUT2D eigenvalue weighted by Gasteiger charge is -2.05. The highest BCUT2D eigenvalue weighted by Gasteiger charge is 2.05. The number of carbonyl (C=O) groups excluding carboxylic acids is 2. The monoisotopic (exact) mass is 290 g/mol. The first-order valence-electron chi connectivity index (χ1n) is 5.91. The molecule has 20 heavy (non-hydrogen) atoms. The first-order valence-corrected chi connectivity index (χ1v) is 6.79. The van der Waals surface area contributed by atoms with Gasteiger partial charge in [0.05, 0.1) is 5.69 Å². The van der Waals surface area contributed by atoms with Crippen LogP contribution in [-0.4, -0.2) is 16.9 Å². The number of aromatic nitrogens is 1. The van der Waals surface area contributed by atoms with Gasteiger partial charge in [-0.1, -0.05) is 30.3 Å². The van der Waals surface area contributed by atoms with Gasteiger partial charge in [0, 0.05) is 23.3 Å². The third-order valence-electron chi connectivity index (χ3n) is 2.44. The van der Waals surface area contributed by atoms with Gasteiger partial charge in [-0.15, -0.1) is 11.3 Å². The van der Waals surface area contributed by atoms with Crippen LogP contribution >= 0.6 is 11.3 Å². The van der Waals surface area contributed by atoms with Crippen molar-refractivity contribution in [1.29, 1.82) is 0 Å². The van der Waals surface area contributed by atoms with Gasteiger partial charge in [0.2, 0.25) is 11.0 Å². The van der Waals surface area contributed by atoms with Gasteiger partial charge in [0.25, 0.3) is 0 Å². The zero-order valence-corrected chi connectivity index (χ0v) is 11.3. The fourth-order valence-corrected chi connectivity index (χ4v) is 2.15. The Kier molecular flexibility index (Phi) is 4.67. The van der Waals surface area contributed by atoms with Crippen molar-refractivity contribution in [2.45, 2.75) is 12.8 Å². The molecule has 7 heteroatoms. The molecule has 6 nitrogen and oxygen atoms in total. The smallest absolute Gasteiger partial charge is 0.238 e.